The second kappa shape index (κ2) is 6.52. The molecule has 1 heterocycles. The maximum Gasteiger partial charge on any atom is 0.387 e. The molecule has 0 spiro atoms. The summed E-state index contributed by atoms with van der Waals surface area (Å²) in [5.41, 5.74) is 1.00. The van der Waals surface area contributed by atoms with Crippen molar-refractivity contribution in [2.45, 2.75) is 65.5 Å². The number of carbonyl (C=O) groups is 1. The fourth-order valence-electron chi connectivity index (χ4n) is 3.42. The van der Waals surface area contributed by atoms with Gasteiger partial charge in [0.1, 0.15) is 5.75 Å². The van der Waals surface area contributed by atoms with Crippen LogP contribution in [0.1, 0.15) is 53.4 Å². The van der Waals surface area contributed by atoms with Gasteiger partial charge in [0.25, 0.3) is 0 Å². The standard InChI is InChI=1S/C19H25F2N3O2/c1-18(2,3)11-15(25)23-17-22-13-7-6-12(26-16(20)21)10-14(13)24(17)19(4)8-5-9-19/h6-7,10,16H,5,8-9,11H2,1-4H3,(H,22,23,25). The van der Waals surface area contributed by atoms with Crippen LogP contribution in [0.25, 0.3) is 11.0 Å². The third-order valence-electron chi connectivity index (χ3n) is 4.76. The summed E-state index contributed by atoms with van der Waals surface area (Å²) in [7, 11) is 0. The van der Waals surface area contributed by atoms with Gasteiger partial charge >= 0.3 is 6.61 Å². The highest BCUT2D eigenvalue weighted by Gasteiger charge is 2.37. The summed E-state index contributed by atoms with van der Waals surface area (Å²) in [5.74, 6) is 0.441. The van der Waals surface area contributed by atoms with Crippen molar-refractivity contribution < 1.29 is 18.3 Å². The topological polar surface area (TPSA) is 56.1 Å². The van der Waals surface area contributed by atoms with E-state index in [-0.39, 0.29) is 22.6 Å². The Labute approximate surface area is 151 Å². The Morgan fingerprint density at radius 3 is 2.62 bits per heavy atom. The Balaban J connectivity index is 2.01. The normalized spacial score (nSPS) is 16.6. The van der Waals surface area contributed by atoms with E-state index < -0.39 is 6.61 Å². The van der Waals surface area contributed by atoms with Gasteiger partial charge in [-0.25, -0.2) is 4.98 Å². The van der Waals surface area contributed by atoms with Crippen molar-refractivity contribution in [1.29, 1.82) is 0 Å². The predicted molar refractivity (Wildman–Crippen MR) is 96.6 cm³/mol. The molecule has 1 aromatic carbocycles. The summed E-state index contributed by atoms with van der Waals surface area (Å²) in [6, 6.07) is 4.68. The van der Waals surface area contributed by atoms with Crippen LogP contribution < -0.4 is 10.1 Å². The zero-order valence-corrected chi connectivity index (χ0v) is 15.6. The Morgan fingerprint density at radius 1 is 1.38 bits per heavy atom. The maximum atomic E-state index is 12.6. The fraction of sp³-hybridized carbons (Fsp3) is 0.579. The van der Waals surface area contributed by atoms with Gasteiger partial charge in [0, 0.05) is 18.0 Å². The second-order valence-corrected chi connectivity index (χ2v) is 8.44. The first-order valence-corrected chi connectivity index (χ1v) is 8.85. The number of carbonyl (C=O) groups excluding carboxylic acids is 1. The number of nitrogens with zero attached hydrogens (tertiary/aromatic N) is 2. The van der Waals surface area contributed by atoms with Crippen LogP contribution in [0, 0.1) is 5.41 Å². The number of nitrogens with one attached hydrogen (secondary N) is 1. The van der Waals surface area contributed by atoms with Crippen LogP contribution >= 0.6 is 0 Å². The van der Waals surface area contributed by atoms with Gasteiger partial charge in [-0.1, -0.05) is 20.8 Å². The van der Waals surface area contributed by atoms with Gasteiger partial charge < -0.3 is 9.30 Å². The van der Waals surface area contributed by atoms with Crippen LogP contribution in [0.4, 0.5) is 14.7 Å². The van der Waals surface area contributed by atoms with Crippen molar-refractivity contribution in [2.75, 3.05) is 5.32 Å². The molecule has 7 heteroatoms. The van der Waals surface area contributed by atoms with Crippen LogP contribution in [0.15, 0.2) is 18.2 Å². The molecule has 26 heavy (non-hydrogen) atoms. The number of fused-ring (bicyclic) bond motifs is 1. The van der Waals surface area contributed by atoms with E-state index in [0.29, 0.717) is 23.4 Å². The lowest BCUT2D eigenvalue weighted by Crippen LogP contribution is -2.38. The molecule has 3 rings (SSSR count). The minimum Gasteiger partial charge on any atom is -0.435 e. The molecule has 1 amide bonds. The van der Waals surface area contributed by atoms with E-state index >= 15 is 0 Å². The molecule has 2 aromatic rings. The molecule has 142 valence electrons. The second-order valence-electron chi connectivity index (χ2n) is 8.44. The Hall–Kier alpha value is -2.18. The molecule has 0 bridgehead atoms. The molecule has 1 fully saturated rings. The van der Waals surface area contributed by atoms with Crippen molar-refractivity contribution in [2.24, 2.45) is 5.41 Å². The number of aromatic nitrogens is 2. The summed E-state index contributed by atoms with van der Waals surface area (Å²) in [6.45, 7) is 5.20. The third kappa shape index (κ3) is 3.81. The Bertz CT molecular complexity index is 820. The van der Waals surface area contributed by atoms with Gasteiger partial charge in [-0.3, -0.25) is 10.1 Å². The lowest BCUT2D eigenvalue weighted by molar-refractivity contribution is -0.117. The van der Waals surface area contributed by atoms with Crippen molar-refractivity contribution in [3.63, 3.8) is 0 Å². The fourth-order valence-corrected chi connectivity index (χ4v) is 3.42. The van der Waals surface area contributed by atoms with Crippen molar-refractivity contribution in [1.82, 2.24) is 9.55 Å². The molecule has 0 radical (unpaired) electrons. The number of benzene rings is 1. The van der Waals surface area contributed by atoms with Crippen LogP contribution in [0.3, 0.4) is 0 Å². The lowest BCUT2D eigenvalue weighted by Gasteiger charge is -2.41. The van der Waals surface area contributed by atoms with Crippen LogP contribution in [0.5, 0.6) is 5.75 Å². The number of halogens is 2. The molecule has 5 nitrogen and oxygen atoms in total. The zero-order chi connectivity index (χ0) is 19.1. The quantitative estimate of drug-likeness (QED) is 0.819. The summed E-state index contributed by atoms with van der Waals surface area (Å²) in [4.78, 5) is 17.0. The van der Waals surface area contributed by atoms with Crippen LogP contribution in [0.2, 0.25) is 0 Å². The Kier molecular flexibility index (Phi) is 4.67. The van der Waals surface area contributed by atoms with E-state index in [0.717, 1.165) is 19.3 Å². The van der Waals surface area contributed by atoms with Crippen molar-refractivity contribution in [3.05, 3.63) is 18.2 Å². The van der Waals surface area contributed by atoms with Crippen molar-refractivity contribution in [3.8, 4) is 5.75 Å². The smallest absolute Gasteiger partial charge is 0.387 e. The van der Waals surface area contributed by atoms with Crippen LogP contribution in [-0.2, 0) is 10.3 Å². The van der Waals surface area contributed by atoms with Gasteiger partial charge in [-0.05, 0) is 43.7 Å². The number of hydrogen-bond donors (Lipinski definition) is 1. The minimum atomic E-state index is -2.88. The number of alkyl halides is 2. The highest BCUT2D eigenvalue weighted by atomic mass is 19.3. The summed E-state index contributed by atoms with van der Waals surface area (Å²) >= 11 is 0. The molecular weight excluding hydrogens is 340 g/mol. The molecular formula is C19H25F2N3O2. The molecule has 1 aromatic heterocycles. The monoisotopic (exact) mass is 365 g/mol. The Morgan fingerprint density at radius 2 is 2.08 bits per heavy atom. The first kappa shape index (κ1) is 18.6. The average Bonchev–Trinajstić information content (AvgIpc) is 2.79. The average molecular weight is 365 g/mol. The maximum absolute atomic E-state index is 12.6. The van der Waals surface area contributed by atoms with E-state index in [1.807, 2.05) is 25.3 Å². The number of rotatable bonds is 5. The van der Waals surface area contributed by atoms with E-state index in [4.69, 9.17) is 0 Å². The SMILES string of the molecule is CC(C)(C)CC(=O)Nc1nc2ccc(OC(F)F)cc2n1C1(C)CCC1. The van der Waals surface area contributed by atoms with Gasteiger partial charge in [0.2, 0.25) is 11.9 Å². The van der Waals surface area contributed by atoms with Gasteiger partial charge in [-0.15, -0.1) is 0 Å². The van der Waals surface area contributed by atoms with E-state index in [1.54, 1.807) is 12.1 Å². The molecule has 0 aliphatic heterocycles. The first-order chi connectivity index (χ1) is 12.1. The number of imidazole rings is 1. The number of amides is 1. The van der Waals surface area contributed by atoms with Gasteiger partial charge in [0.15, 0.2) is 0 Å². The number of hydrogen-bond acceptors (Lipinski definition) is 3. The molecule has 1 saturated carbocycles. The molecule has 1 aliphatic carbocycles. The minimum absolute atomic E-state index is 0.0872. The summed E-state index contributed by atoms with van der Waals surface area (Å²) in [6.07, 6.45) is 3.34. The molecule has 1 aliphatic rings. The summed E-state index contributed by atoms with van der Waals surface area (Å²) < 4.78 is 31.6. The van der Waals surface area contributed by atoms with E-state index in [9.17, 15) is 13.6 Å². The predicted octanol–water partition coefficient (Wildman–Crippen LogP) is 4.91. The highest BCUT2D eigenvalue weighted by molar-refractivity contribution is 5.92. The third-order valence-corrected chi connectivity index (χ3v) is 4.76. The number of ether oxygens (including phenoxy) is 1. The zero-order valence-electron chi connectivity index (χ0n) is 15.6. The molecule has 0 saturated heterocycles. The highest BCUT2D eigenvalue weighted by Crippen LogP contribution is 2.43. The van der Waals surface area contributed by atoms with Crippen LogP contribution in [-0.4, -0.2) is 22.1 Å². The lowest BCUT2D eigenvalue weighted by atomic mass is 9.78. The van der Waals surface area contributed by atoms with Gasteiger partial charge in [0.05, 0.1) is 11.0 Å². The summed E-state index contributed by atoms with van der Waals surface area (Å²) in [5, 5.41) is 2.92. The number of anilines is 1. The first-order valence-electron chi connectivity index (χ1n) is 8.85. The van der Waals surface area contributed by atoms with E-state index in [1.165, 1.54) is 6.07 Å². The van der Waals surface area contributed by atoms with Gasteiger partial charge in [-0.2, -0.15) is 8.78 Å². The van der Waals surface area contributed by atoms with E-state index in [2.05, 4.69) is 22.0 Å². The largest absolute Gasteiger partial charge is 0.435 e. The molecule has 1 N–H and O–H groups in total. The molecule has 0 atom stereocenters. The van der Waals surface area contributed by atoms with Crippen molar-refractivity contribution >= 4 is 22.9 Å². The molecule has 0 unspecified atom stereocenters.